The van der Waals surface area contributed by atoms with Crippen molar-refractivity contribution < 1.29 is 19.0 Å². The highest BCUT2D eigenvalue weighted by Gasteiger charge is 2.28. The zero-order valence-electron chi connectivity index (χ0n) is 9.56. The number of fused-ring (bicyclic) bond motifs is 4. The second-order valence-electron chi connectivity index (χ2n) is 4.05. The number of amides is 1. The van der Waals surface area contributed by atoms with Gasteiger partial charge in [-0.25, -0.2) is 4.79 Å². The second kappa shape index (κ2) is 3.84. The molecule has 90 valence electrons. The summed E-state index contributed by atoms with van der Waals surface area (Å²) in [4.78, 5) is 13.3. The normalized spacial score (nSPS) is 16.6. The largest absolute Gasteiger partial charge is 0.457 e. The molecule has 1 amide bonds. The van der Waals surface area contributed by atoms with Gasteiger partial charge in [-0.1, -0.05) is 0 Å². The monoisotopic (exact) mass is 235 g/mol. The summed E-state index contributed by atoms with van der Waals surface area (Å²) in [5.74, 6) is 1.55. The molecule has 0 fully saturated rings. The molecule has 2 aliphatic rings. The van der Waals surface area contributed by atoms with Gasteiger partial charge in [-0.05, 0) is 12.8 Å². The van der Waals surface area contributed by atoms with Gasteiger partial charge in [0.25, 0.3) is 0 Å². The first-order valence-electron chi connectivity index (χ1n) is 5.57. The minimum Gasteiger partial charge on any atom is -0.457 e. The molecular weight excluding hydrogens is 222 g/mol. The summed E-state index contributed by atoms with van der Waals surface area (Å²) in [6, 6.07) is 3.74. The molecule has 0 atom stereocenters. The van der Waals surface area contributed by atoms with Crippen molar-refractivity contribution in [2.45, 2.75) is 12.8 Å². The fourth-order valence-corrected chi connectivity index (χ4v) is 2.31. The van der Waals surface area contributed by atoms with Gasteiger partial charge in [0, 0.05) is 24.2 Å². The topological polar surface area (TPSA) is 48.0 Å². The number of ether oxygens (including phenoxy) is 3. The SMILES string of the molecule is COC(=O)N1CCCc2c3cc(cc21)OCO3. The molecule has 0 saturated carbocycles. The van der Waals surface area contributed by atoms with Gasteiger partial charge in [-0.3, -0.25) is 4.90 Å². The molecule has 2 aliphatic heterocycles. The summed E-state index contributed by atoms with van der Waals surface area (Å²) in [5.41, 5.74) is 1.91. The maximum absolute atomic E-state index is 11.7. The van der Waals surface area contributed by atoms with Crippen LogP contribution in [0.2, 0.25) is 0 Å². The number of rotatable bonds is 0. The predicted octanol–water partition coefficient (Wildman–Crippen LogP) is 1.93. The fraction of sp³-hybridized carbons (Fsp3) is 0.417. The number of carbonyl (C=O) groups is 1. The maximum Gasteiger partial charge on any atom is 0.414 e. The van der Waals surface area contributed by atoms with Gasteiger partial charge in [-0.15, -0.1) is 0 Å². The maximum atomic E-state index is 11.7. The van der Waals surface area contributed by atoms with Crippen LogP contribution in [0.3, 0.4) is 0 Å². The Balaban J connectivity index is 2.08. The lowest BCUT2D eigenvalue weighted by atomic mass is 10.0. The van der Waals surface area contributed by atoms with Gasteiger partial charge < -0.3 is 14.2 Å². The molecule has 2 heterocycles. The quantitative estimate of drug-likeness (QED) is 0.689. The summed E-state index contributed by atoms with van der Waals surface area (Å²) in [6.45, 7) is 0.912. The van der Waals surface area contributed by atoms with Gasteiger partial charge in [-0.2, -0.15) is 0 Å². The third-order valence-corrected chi connectivity index (χ3v) is 3.09. The Morgan fingerprint density at radius 3 is 3.12 bits per heavy atom. The average molecular weight is 235 g/mol. The zero-order valence-corrected chi connectivity index (χ0v) is 9.56. The van der Waals surface area contributed by atoms with E-state index in [1.54, 1.807) is 4.90 Å². The van der Waals surface area contributed by atoms with E-state index in [-0.39, 0.29) is 12.9 Å². The molecule has 0 N–H and O–H groups in total. The van der Waals surface area contributed by atoms with Crippen molar-refractivity contribution >= 4 is 11.8 Å². The molecule has 2 bridgehead atoms. The molecule has 3 rings (SSSR count). The van der Waals surface area contributed by atoms with Gasteiger partial charge in [0.1, 0.15) is 11.5 Å². The number of hydrogen-bond donors (Lipinski definition) is 0. The lowest BCUT2D eigenvalue weighted by molar-refractivity contribution is 0.104. The third kappa shape index (κ3) is 1.58. The van der Waals surface area contributed by atoms with Gasteiger partial charge in [0.05, 0.1) is 12.8 Å². The molecule has 0 aliphatic carbocycles. The van der Waals surface area contributed by atoms with Crippen LogP contribution in [0.15, 0.2) is 12.1 Å². The molecular formula is C12H13NO4. The molecule has 1 aromatic rings. The molecule has 17 heavy (non-hydrogen) atoms. The predicted molar refractivity (Wildman–Crippen MR) is 60.6 cm³/mol. The number of hydrogen-bond acceptors (Lipinski definition) is 4. The van der Waals surface area contributed by atoms with Crippen LogP contribution in [0, 0.1) is 0 Å². The van der Waals surface area contributed by atoms with Crippen molar-refractivity contribution in [2.75, 3.05) is 25.3 Å². The Kier molecular flexibility index (Phi) is 2.31. The highest BCUT2D eigenvalue weighted by Crippen LogP contribution is 2.40. The Bertz CT molecular complexity index is 472. The minimum absolute atomic E-state index is 0.243. The molecule has 0 spiro atoms. The van der Waals surface area contributed by atoms with Crippen molar-refractivity contribution in [2.24, 2.45) is 0 Å². The average Bonchev–Trinajstić information content (AvgIpc) is 2.38. The van der Waals surface area contributed by atoms with Crippen LogP contribution in [-0.4, -0.2) is 26.5 Å². The Hall–Kier alpha value is -1.91. The van der Waals surface area contributed by atoms with Crippen LogP contribution in [-0.2, 0) is 11.2 Å². The van der Waals surface area contributed by atoms with Crippen LogP contribution < -0.4 is 14.4 Å². The highest BCUT2D eigenvalue weighted by atomic mass is 16.7. The summed E-state index contributed by atoms with van der Waals surface area (Å²) >= 11 is 0. The Morgan fingerprint density at radius 2 is 2.29 bits per heavy atom. The minimum atomic E-state index is -0.338. The van der Waals surface area contributed by atoms with Crippen LogP contribution in [0.5, 0.6) is 11.5 Å². The zero-order chi connectivity index (χ0) is 11.8. The van der Waals surface area contributed by atoms with Crippen LogP contribution in [0.25, 0.3) is 0 Å². The first-order chi connectivity index (χ1) is 8.29. The summed E-state index contributed by atoms with van der Waals surface area (Å²) in [5, 5.41) is 0. The van der Waals surface area contributed by atoms with Crippen molar-refractivity contribution in [1.82, 2.24) is 0 Å². The van der Waals surface area contributed by atoms with Crippen molar-refractivity contribution in [3.05, 3.63) is 17.7 Å². The number of benzene rings is 1. The Labute approximate surface area is 98.9 Å². The van der Waals surface area contributed by atoms with E-state index in [1.165, 1.54) is 7.11 Å². The van der Waals surface area contributed by atoms with E-state index in [1.807, 2.05) is 12.1 Å². The third-order valence-electron chi connectivity index (χ3n) is 3.09. The van der Waals surface area contributed by atoms with Gasteiger partial charge in [0.15, 0.2) is 0 Å². The first kappa shape index (κ1) is 10.3. The van der Waals surface area contributed by atoms with E-state index in [0.29, 0.717) is 6.54 Å². The van der Waals surface area contributed by atoms with E-state index in [9.17, 15) is 4.79 Å². The molecule has 5 heteroatoms. The van der Waals surface area contributed by atoms with Crippen LogP contribution in [0.1, 0.15) is 12.0 Å². The van der Waals surface area contributed by atoms with E-state index in [0.717, 1.165) is 35.6 Å². The summed E-state index contributed by atoms with van der Waals surface area (Å²) in [6.07, 6.45) is 1.49. The summed E-state index contributed by atoms with van der Waals surface area (Å²) in [7, 11) is 1.39. The Morgan fingerprint density at radius 1 is 1.41 bits per heavy atom. The first-order valence-corrected chi connectivity index (χ1v) is 5.57. The van der Waals surface area contributed by atoms with E-state index in [4.69, 9.17) is 14.2 Å². The standard InChI is InChI=1S/C12H13NO4/c1-15-12(14)13-4-2-3-9-10(13)5-8-6-11(9)17-7-16-8/h5-6H,2-4,7H2,1H3. The smallest absolute Gasteiger partial charge is 0.414 e. The molecule has 5 nitrogen and oxygen atoms in total. The molecule has 0 radical (unpaired) electrons. The number of carbonyl (C=O) groups excluding carboxylic acids is 1. The highest BCUT2D eigenvalue weighted by molar-refractivity contribution is 5.90. The molecule has 0 saturated heterocycles. The van der Waals surface area contributed by atoms with Crippen LogP contribution in [0.4, 0.5) is 10.5 Å². The van der Waals surface area contributed by atoms with Crippen LogP contribution >= 0.6 is 0 Å². The van der Waals surface area contributed by atoms with Crippen molar-refractivity contribution in [3.8, 4) is 11.5 Å². The van der Waals surface area contributed by atoms with E-state index in [2.05, 4.69) is 0 Å². The lowest BCUT2D eigenvalue weighted by Crippen LogP contribution is -2.35. The van der Waals surface area contributed by atoms with E-state index >= 15 is 0 Å². The number of nitrogens with zero attached hydrogens (tertiary/aromatic N) is 1. The van der Waals surface area contributed by atoms with Crippen molar-refractivity contribution in [3.63, 3.8) is 0 Å². The van der Waals surface area contributed by atoms with E-state index < -0.39 is 0 Å². The number of methoxy groups -OCH3 is 1. The lowest BCUT2D eigenvalue weighted by Gasteiger charge is -2.31. The molecule has 0 aromatic heterocycles. The fourth-order valence-electron chi connectivity index (χ4n) is 2.31. The van der Waals surface area contributed by atoms with Crippen molar-refractivity contribution in [1.29, 1.82) is 0 Å². The van der Waals surface area contributed by atoms with Gasteiger partial charge >= 0.3 is 6.09 Å². The second-order valence-corrected chi connectivity index (χ2v) is 4.05. The summed E-state index contributed by atoms with van der Waals surface area (Å²) < 4.78 is 15.5. The number of anilines is 1. The molecule has 1 aromatic carbocycles. The van der Waals surface area contributed by atoms with Gasteiger partial charge in [0.2, 0.25) is 6.79 Å². The molecule has 0 unspecified atom stereocenters.